The van der Waals surface area contributed by atoms with E-state index in [-0.39, 0.29) is 29.0 Å². The molecule has 0 aliphatic heterocycles. The van der Waals surface area contributed by atoms with Crippen molar-refractivity contribution in [1.29, 1.82) is 5.41 Å². The lowest BCUT2D eigenvalue weighted by Crippen LogP contribution is -2.17. The van der Waals surface area contributed by atoms with Gasteiger partial charge in [0.2, 0.25) is 0 Å². The third kappa shape index (κ3) is 7.97. The van der Waals surface area contributed by atoms with Crippen LogP contribution in [0.2, 0.25) is 0 Å². The summed E-state index contributed by atoms with van der Waals surface area (Å²) in [5.74, 6) is -1.57. The Morgan fingerprint density at radius 2 is 1.90 bits per heavy atom. The van der Waals surface area contributed by atoms with Crippen LogP contribution in [0.25, 0.3) is 0 Å². The number of aliphatic carboxylic acids is 1. The molecular formula is C21H19BrF3NO5. The van der Waals surface area contributed by atoms with Crippen LogP contribution >= 0.6 is 15.9 Å². The summed E-state index contributed by atoms with van der Waals surface area (Å²) >= 11 is 3.04. The molecule has 31 heavy (non-hydrogen) atoms. The second-order valence-electron chi connectivity index (χ2n) is 6.31. The van der Waals surface area contributed by atoms with Gasteiger partial charge in [-0.15, -0.1) is 13.2 Å². The SMILES string of the molecule is CO/C=C\C(=N)[C@@H](CC(=O)O)c1ccc(OCc2ccc(OC(F)(F)F)c(Br)c2)cc1. The molecule has 0 aromatic heterocycles. The van der Waals surface area contributed by atoms with Gasteiger partial charge in [-0.25, -0.2) is 0 Å². The molecule has 0 heterocycles. The van der Waals surface area contributed by atoms with Crippen molar-refractivity contribution in [3.8, 4) is 11.5 Å². The molecule has 0 radical (unpaired) electrons. The average Bonchev–Trinajstić information content (AvgIpc) is 2.70. The third-order valence-corrected chi connectivity index (χ3v) is 4.67. The number of benzene rings is 2. The summed E-state index contributed by atoms with van der Waals surface area (Å²) in [4.78, 5) is 11.2. The van der Waals surface area contributed by atoms with Crippen molar-refractivity contribution in [3.05, 3.63) is 70.4 Å². The summed E-state index contributed by atoms with van der Waals surface area (Å²) in [6.07, 6.45) is -2.34. The predicted molar refractivity (Wildman–Crippen MR) is 110 cm³/mol. The van der Waals surface area contributed by atoms with E-state index >= 15 is 0 Å². The highest BCUT2D eigenvalue weighted by atomic mass is 79.9. The fraction of sp³-hybridized carbons (Fsp3) is 0.238. The number of hydrogen-bond donors (Lipinski definition) is 2. The summed E-state index contributed by atoms with van der Waals surface area (Å²) in [5.41, 5.74) is 1.32. The van der Waals surface area contributed by atoms with Crippen LogP contribution in [-0.4, -0.2) is 30.3 Å². The van der Waals surface area contributed by atoms with Crippen molar-refractivity contribution in [2.24, 2.45) is 0 Å². The third-order valence-electron chi connectivity index (χ3n) is 4.05. The zero-order valence-electron chi connectivity index (χ0n) is 16.3. The van der Waals surface area contributed by atoms with Crippen LogP contribution in [0.5, 0.6) is 11.5 Å². The van der Waals surface area contributed by atoms with Gasteiger partial charge in [-0.05, 0) is 57.4 Å². The highest BCUT2D eigenvalue weighted by molar-refractivity contribution is 9.10. The lowest BCUT2D eigenvalue weighted by atomic mass is 9.91. The Hall–Kier alpha value is -3.01. The average molecular weight is 502 g/mol. The molecule has 0 aliphatic rings. The van der Waals surface area contributed by atoms with E-state index in [4.69, 9.17) is 20.0 Å². The number of allylic oxidation sites excluding steroid dienone is 1. The van der Waals surface area contributed by atoms with Gasteiger partial charge in [0.1, 0.15) is 18.1 Å². The molecule has 0 saturated heterocycles. The summed E-state index contributed by atoms with van der Waals surface area (Å²) in [6, 6.07) is 10.7. The topological polar surface area (TPSA) is 88.8 Å². The predicted octanol–water partition coefficient (Wildman–Crippen LogP) is 5.66. The minimum Gasteiger partial charge on any atom is -0.504 e. The lowest BCUT2D eigenvalue weighted by Gasteiger charge is -2.15. The second-order valence-corrected chi connectivity index (χ2v) is 7.17. The van der Waals surface area contributed by atoms with Gasteiger partial charge in [0.25, 0.3) is 0 Å². The van der Waals surface area contributed by atoms with Gasteiger partial charge in [-0.2, -0.15) is 0 Å². The van der Waals surface area contributed by atoms with Crippen molar-refractivity contribution < 1.29 is 37.3 Å². The van der Waals surface area contributed by atoms with Gasteiger partial charge >= 0.3 is 12.3 Å². The molecular weight excluding hydrogens is 483 g/mol. The highest BCUT2D eigenvalue weighted by Gasteiger charge is 2.31. The fourth-order valence-corrected chi connectivity index (χ4v) is 3.15. The van der Waals surface area contributed by atoms with E-state index in [0.717, 1.165) is 0 Å². The van der Waals surface area contributed by atoms with Crippen molar-refractivity contribution >= 4 is 27.6 Å². The van der Waals surface area contributed by atoms with Crippen molar-refractivity contribution in [2.45, 2.75) is 25.3 Å². The van der Waals surface area contributed by atoms with E-state index < -0.39 is 18.2 Å². The normalized spacial score (nSPS) is 12.4. The van der Waals surface area contributed by atoms with E-state index in [9.17, 15) is 18.0 Å². The van der Waals surface area contributed by atoms with E-state index in [2.05, 4.69) is 20.7 Å². The molecule has 2 rings (SSSR count). The molecule has 0 aliphatic carbocycles. The molecule has 0 fully saturated rings. The first-order valence-corrected chi connectivity index (χ1v) is 9.65. The Balaban J connectivity index is 2.06. The number of carboxylic acids is 1. The number of hydrogen-bond acceptors (Lipinski definition) is 5. The second kappa shape index (κ2) is 10.9. The first kappa shape index (κ1) is 24.3. The lowest BCUT2D eigenvalue weighted by molar-refractivity contribution is -0.274. The Morgan fingerprint density at radius 1 is 1.23 bits per heavy atom. The molecule has 2 aromatic carbocycles. The number of carbonyl (C=O) groups is 1. The number of rotatable bonds is 10. The Morgan fingerprint density at radius 3 is 2.45 bits per heavy atom. The maximum absolute atomic E-state index is 12.3. The van der Waals surface area contributed by atoms with Crippen LogP contribution < -0.4 is 9.47 Å². The molecule has 2 aromatic rings. The summed E-state index contributed by atoms with van der Waals surface area (Å²) in [7, 11) is 1.43. The van der Waals surface area contributed by atoms with Crippen molar-refractivity contribution in [1.82, 2.24) is 0 Å². The first-order valence-electron chi connectivity index (χ1n) is 8.85. The minimum atomic E-state index is -4.78. The molecule has 0 amide bonds. The molecule has 166 valence electrons. The zero-order chi connectivity index (χ0) is 23.0. The quantitative estimate of drug-likeness (QED) is 0.323. The van der Waals surface area contributed by atoms with Gasteiger partial charge in [-0.1, -0.05) is 18.2 Å². The molecule has 1 atom stereocenters. The van der Waals surface area contributed by atoms with Crippen LogP contribution in [0.15, 0.2) is 59.3 Å². The number of ether oxygens (including phenoxy) is 3. The Bertz CT molecular complexity index is 945. The largest absolute Gasteiger partial charge is 0.573 e. The van der Waals surface area contributed by atoms with Crippen LogP contribution in [0.4, 0.5) is 13.2 Å². The molecule has 0 saturated carbocycles. The van der Waals surface area contributed by atoms with Gasteiger partial charge in [-0.3, -0.25) is 4.79 Å². The number of alkyl halides is 3. The van der Waals surface area contributed by atoms with Crippen molar-refractivity contribution in [2.75, 3.05) is 7.11 Å². The smallest absolute Gasteiger partial charge is 0.504 e. The summed E-state index contributed by atoms with van der Waals surface area (Å²) in [5, 5.41) is 17.2. The first-order chi connectivity index (χ1) is 14.6. The van der Waals surface area contributed by atoms with Crippen LogP contribution in [0.3, 0.4) is 0 Å². The van der Waals surface area contributed by atoms with Crippen LogP contribution in [0, 0.1) is 5.41 Å². The van der Waals surface area contributed by atoms with E-state index in [1.54, 1.807) is 24.3 Å². The number of nitrogens with one attached hydrogen (secondary N) is 1. The Labute approximate surface area is 184 Å². The maximum Gasteiger partial charge on any atom is 0.573 e. The monoisotopic (exact) mass is 501 g/mol. The van der Waals surface area contributed by atoms with Crippen LogP contribution in [0.1, 0.15) is 23.5 Å². The van der Waals surface area contributed by atoms with E-state index in [1.165, 1.54) is 37.6 Å². The molecule has 10 heteroatoms. The van der Waals surface area contributed by atoms with Crippen molar-refractivity contribution in [3.63, 3.8) is 0 Å². The highest BCUT2D eigenvalue weighted by Crippen LogP contribution is 2.31. The summed E-state index contributed by atoms with van der Waals surface area (Å²) < 4.78 is 51.5. The van der Waals surface area contributed by atoms with E-state index in [0.29, 0.717) is 16.9 Å². The van der Waals surface area contributed by atoms with Gasteiger partial charge < -0.3 is 24.7 Å². The van der Waals surface area contributed by atoms with Crippen LogP contribution in [-0.2, 0) is 16.1 Å². The molecule has 0 unspecified atom stereocenters. The molecule has 0 bridgehead atoms. The zero-order valence-corrected chi connectivity index (χ0v) is 17.9. The number of methoxy groups -OCH3 is 1. The Kier molecular flexibility index (Phi) is 8.49. The molecule has 6 nitrogen and oxygen atoms in total. The fourth-order valence-electron chi connectivity index (χ4n) is 2.64. The summed E-state index contributed by atoms with van der Waals surface area (Å²) in [6.45, 7) is 0.0925. The molecule has 2 N–H and O–H groups in total. The minimum absolute atomic E-state index is 0.0870. The maximum atomic E-state index is 12.3. The van der Waals surface area contributed by atoms with Gasteiger partial charge in [0, 0.05) is 11.6 Å². The van der Waals surface area contributed by atoms with E-state index in [1.807, 2.05) is 0 Å². The van der Waals surface area contributed by atoms with Gasteiger partial charge in [0.05, 0.1) is 24.3 Å². The molecule has 0 spiro atoms. The standard InChI is InChI=1S/C21H19BrF3NO5/c1-29-9-8-18(26)16(11-20(27)28)14-3-5-15(6-4-14)30-12-13-2-7-19(17(22)10-13)31-21(23,24)25/h2-10,16,26H,11-12H2,1H3,(H,27,28)/b9-8-,26-18?/t16-/m0/s1. The number of carboxylic acid groups (broad SMARTS) is 1. The van der Waals surface area contributed by atoms with Gasteiger partial charge in [0.15, 0.2) is 0 Å². The number of halogens is 4.